The third-order valence-electron chi connectivity index (χ3n) is 3.20. The molecule has 19 heavy (non-hydrogen) atoms. The van der Waals surface area contributed by atoms with E-state index in [1.807, 2.05) is 0 Å². The van der Waals surface area contributed by atoms with Gasteiger partial charge in [-0.2, -0.15) is 0 Å². The number of likely N-dealkylation sites (tertiary alicyclic amines) is 1. The number of halogens is 2. The Labute approximate surface area is 115 Å². The van der Waals surface area contributed by atoms with E-state index in [1.165, 1.54) is 4.90 Å². The quantitative estimate of drug-likeness (QED) is 0.847. The molecule has 1 saturated heterocycles. The Morgan fingerprint density at radius 3 is 2.47 bits per heavy atom. The molecular weight excluding hydrogens is 270 g/mol. The summed E-state index contributed by atoms with van der Waals surface area (Å²) >= 11 is 4.95. The predicted octanol–water partition coefficient (Wildman–Crippen LogP) is 2.25. The number of hydrogen-bond donors (Lipinski definition) is 1. The number of hydrogen-bond acceptors (Lipinski definition) is 2. The molecule has 0 radical (unpaired) electrons. The molecule has 1 aromatic rings. The molecular formula is C13H14F2N2OS. The highest BCUT2D eigenvalue weighted by molar-refractivity contribution is 7.80. The molecule has 0 aliphatic carbocycles. The SMILES string of the molecule is NC(=S)C1CCCCN1C(=O)c1cc(F)cc(F)c1. The molecule has 1 aromatic carbocycles. The van der Waals surface area contributed by atoms with Crippen molar-refractivity contribution in [1.29, 1.82) is 0 Å². The number of nitrogens with zero attached hydrogens (tertiary/aromatic N) is 1. The average Bonchev–Trinajstić information content (AvgIpc) is 2.36. The van der Waals surface area contributed by atoms with Crippen LogP contribution in [0.15, 0.2) is 18.2 Å². The molecule has 102 valence electrons. The van der Waals surface area contributed by atoms with Gasteiger partial charge in [-0.25, -0.2) is 8.78 Å². The highest BCUT2D eigenvalue weighted by Gasteiger charge is 2.29. The van der Waals surface area contributed by atoms with Gasteiger partial charge in [0.05, 0.1) is 11.0 Å². The second-order valence-electron chi connectivity index (χ2n) is 4.57. The first kappa shape index (κ1) is 13.9. The van der Waals surface area contributed by atoms with Crippen molar-refractivity contribution < 1.29 is 13.6 Å². The highest BCUT2D eigenvalue weighted by atomic mass is 32.1. The summed E-state index contributed by atoms with van der Waals surface area (Å²) in [7, 11) is 0. The Morgan fingerprint density at radius 1 is 1.26 bits per heavy atom. The van der Waals surface area contributed by atoms with Gasteiger partial charge in [0.25, 0.3) is 5.91 Å². The van der Waals surface area contributed by atoms with Gasteiger partial charge in [0.15, 0.2) is 0 Å². The van der Waals surface area contributed by atoms with E-state index in [0.717, 1.165) is 31.0 Å². The van der Waals surface area contributed by atoms with Crippen LogP contribution in [0.2, 0.25) is 0 Å². The van der Waals surface area contributed by atoms with Crippen molar-refractivity contribution in [2.45, 2.75) is 25.3 Å². The minimum Gasteiger partial charge on any atom is -0.392 e. The summed E-state index contributed by atoms with van der Waals surface area (Å²) in [5.41, 5.74) is 5.61. The zero-order valence-corrected chi connectivity index (χ0v) is 11.1. The smallest absolute Gasteiger partial charge is 0.254 e. The third kappa shape index (κ3) is 3.07. The molecule has 1 aliphatic rings. The molecule has 1 fully saturated rings. The lowest BCUT2D eigenvalue weighted by Gasteiger charge is -2.35. The van der Waals surface area contributed by atoms with Gasteiger partial charge in [-0.3, -0.25) is 4.79 Å². The number of carbonyl (C=O) groups is 1. The molecule has 6 heteroatoms. The largest absolute Gasteiger partial charge is 0.392 e. The summed E-state index contributed by atoms with van der Waals surface area (Å²) in [4.78, 5) is 14.0. The van der Waals surface area contributed by atoms with Crippen LogP contribution in [-0.2, 0) is 0 Å². The van der Waals surface area contributed by atoms with Gasteiger partial charge in [0, 0.05) is 18.2 Å². The molecule has 1 aliphatic heterocycles. The number of thiocarbonyl (C=S) groups is 1. The van der Waals surface area contributed by atoms with Crippen LogP contribution in [0.5, 0.6) is 0 Å². The van der Waals surface area contributed by atoms with E-state index < -0.39 is 17.5 Å². The molecule has 1 heterocycles. The number of nitrogens with two attached hydrogens (primary N) is 1. The molecule has 0 aromatic heterocycles. The van der Waals surface area contributed by atoms with Crippen molar-refractivity contribution in [2.75, 3.05) is 6.54 Å². The maximum Gasteiger partial charge on any atom is 0.254 e. The second kappa shape index (κ2) is 5.61. The highest BCUT2D eigenvalue weighted by Crippen LogP contribution is 2.21. The van der Waals surface area contributed by atoms with Crippen LogP contribution in [0.3, 0.4) is 0 Å². The number of benzene rings is 1. The predicted molar refractivity (Wildman–Crippen MR) is 71.8 cm³/mol. The van der Waals surface area contributed by atoms with E-state index in [9.17, 15) is 13.6 Å². The Bertz CT molecular complexity index is 501. The molecule has 1 unspecified atom stereocenters. The number of rotatable bonds is 2. The monoisotopic (exact) mass is 284 g/mol. The Balaban J connectivity index is 2.28. The fourth-order valence-corrected chi connectivity index (χ4v) is 2.56. The fraction of sp³-hybridized carbons (Fsp3) is 0.385. The maximum absolute atomic E-state index is 13.2. The van der Waals surface area contributed by atoms with Crippen molar-refractivity contribution in [3.05, 3.63) is 35.4 Å². The zero-order valence-electron chi connectivity index (χ0n) is 10.2. The van der Waals surface area contributed by atoms with Gasteiger partial charge < -0.3 is 10.6 Å². The first-order chi connectivity index (χ1) is 8.99. The standard InChI is InChI=1S/C13H14F2N2OS/c14-9-5-8(6-10(15)7-9)13(18)17-4-2-1-3-11(17)12(16)19/h5-7,11H,1-4H2,(H2,16,19). The Kier molecular flexibility index (Phi) is 4.09. The first-order valence-electron chi connectivity index (χ1n) is 6.05. The van der Waals surface area contributed by atoms with Gasteiger partial charge >= 0.3 is 0 Å². The van der Waals surface area contributed by atoms with Crippen molar-refractivity contribution in [3.63, 3.8) is 0 Å². The molecule has 1 atom stereocenters. The summed E-state index contributed by atoms with van der Waals surface area (Å²) in [5.74, 6) is -1.98. The van der Waals surface area contributed by atoms with Gasteiger partial charge in [-0.05, 0) is 31.4 Å². The van der Waals surface area contributed by atoms with Crippen molar-refractivity contribution in [1.82, 2.24) is 4.90 Å². The molecule has 0 saturated carbocycles. The van der Waals surface area contributed by atoms with Crippen molar-refractivity contribution >= 4 is 23.1 Å². The van der Waals surface area contributed by atoms with Crippen molar-refractivity contribution in [2.24, 2.45) is 5.73 Å². The molecule has 2 N–H and O–H groups in total. The molecule has 1 amide bonds. The fourth-order valence-electron chi connectivity index (χ4n) is 2.31. The van der Waals surface area contributed by atoms with Gasteiger partial charge in [-0.1, -0.05) is 12.2 Å². The minimum absolute atomic E-state index is 0.0133. The first-order valence-corrected chi connectivity index (χ1v) is 6.46. The summed E-state index contributed by atoms with van der Waals surface area (Å²) in [5, 5.41) is 0. The van der Waals surface area contributed by atoms with Gasteiger partial charge in [-0.15, -0.1) is 0 Å². The van der Waals surface area contributed by atoms with E-state index in [1.54, 1.807) is 0 Å². The third-order valence-corrected chi connectivity index (χ3v) is 3.47. The van der Waals surface area contributed by atoms with Crippen LogP contribution in [0.4, 0.5) is 8.78 Å². The summed E-state index contributed by atoms with van der Waals surface area (Å²) in [6.07, 6.45) is 2.46. The Hall–Kier alpha value is -1.56. The maximum atomic E-state index is 13.2. The van der Waals surface area contributed by atoms with E-state index in [2.05, 4.69) is 0 Å². The second-order valence-corrected chi connectivity index (χ2v) is 5.04. The number of amides is 1. The van der Waals surface area contributed by atoms with E-state index in [-0.39, 0.29) is 16.6 Å². The lowest BCUT2D eigenvalue weighted by atomic mass is 10.0. The van der Waals surface area contributed by atoms with E-state index in [0.29, 0.717) is 13.0 Å². The molecule has 0 spiro atoms. The number of piperidine rings is 1. The topological polar surface area (TPSA) is 46.3 Å². The van der Waals surface area contributed by atoms with E-state index >= 15 is 0 Å². The van der Waals surface area contributed by atoms with Crippen LogP contribution in [0.1, 0.15) is 29.6 Å². The Morgan fingerprint density at radius 2 is 1.89 bits per heavy atom. The van der Waals surface area contributed by atoms with Crippen molar-refractivity contribution in [3.8, 4) is 0 Å². The van der Waals surface area contributed by atoms with Crippen LogP contribution in [0.25, 0.3) is 0 Å². The van der Waals surface area contributed by atoms with E-state index in [4.69, 9.17) is 18.0 Å². The van der Waals surface area contributed by atoms with Crippen LogP contribution < -0.4 is 5.73 Å². The molecule has 0 bridgehead atoms. The lowest BCUT2D eigenvalue weighted by Crippen LogP contribution is -2.49. The van der Waals surface area contributed by atoms with Crippen LogP contribution >= 0.6 is 12.2 Å². The van der Waals surface area contributed by atoms with Gasteiger partial charge in [0.1, 0.15) is 11.6 Å². The normalized spacial score (nSPS) is 19.3. The van der Waals surface area contributed by atoms with Crippen LogP contribution in [-0.4, -0.2) is 28.4 Å². The summed E-state index contributed by atoms with van der Waals surface area (Å²) in [6, 6.07) is 2.45. The number of carbonyl (C=O) groups excluding carboxylic acids is 1. The minimum atomic E-state index is -0.771. The van der Waals surface area contributed by atoms with Crippen LogP contribution in [0, 0.1) is 11.6 Å². The molecule has 3 nitrogen and oxygen atoms in total. The zero-order chi connectivity index (χ0) is 14.0. The van der Waals surface area contributed by atoms with Gasteiger partial charge in [0.2, 0.25) is 0 Å². The lowest BCUT2D eigenvalue weighted by molar-refractivity contribution is 0.0680. The molecule has 2 rings (SSSR count). The summed E-state index contributed by atoms with van der Waals surface area (Å²) < 4.78 is 26.3. The summed E-state index contributed by atoms with van der Waals surface area (Å²) in [6.45, 7) is 0.499. The average molecular weight is 284 g/mol.